The van der Waals surface area contributed by atoms with Crippen molar-refractivity contribution in [1.82, 2.24) is 4.90 Å². The zero-order chi connectivity index (χ0) is 16.1. The first-order valence-electron chi connectivity index (χ1n) is 7.64. The van der Waals surface area contributed by atoms with Gasteiger partial charge in [-0.3, -0.25) is 14.9 Å². The van der Waals surface area contributed by atoms with Gasteiger partial charge in [0.25, 0.3) is 5.69 Å². The summed E-state index contributed by atoms with van der Waals surface area (Å²) in [5.74, 6) is 0.744. The van der Waals surface area contributed by atoms with E-state index in [9.17, 15) is 14.9 Å². The minimum Gasteiger partial charge on any atom is -0.341 e. The first-order chi connectivity index (χ1) is 10.5. The van der Waals surface area contributed by atoms with E-state index >= 15 is 0 Å². The maximum Gasteiger partial charge on any atom is 0.269 e. The number of hydrogen-bond donors (Lipinski definition) is 0. The largest absolute Gasteiger partial charge is 0.341 e. The van der Waals surface area contributed by atoms with Crippen molar-refractivity contribution in [2.75, 3.05) is 7.05 Å². The quantitative estimate of drug-likeness (QED) is 0.582. The molecule has 0 atom stereocenters. The van der Waals surface area contributed by atoms with Crippen molar-refractivity contribution in [3.63, 3.8) is 0 Å². The van der Waals surface area contributed by atoms with Gasteiger partial charge in [0.1, 0.15) is 0 Å². The fraction of sp³-hybridized carbons (Fsp3) is 0.562. The molecule has 1 aromatic rings. The van der Waals surface area contributed by atoms with Crippen molar-refractivity contribution in [2.45, 2.75) is 45.1 Å². The van der Waals surface area contributed by atoms with Crippen LogP contribution in [0.2, 0.25) is 5.02 Å². The van der Waals surface area contributed by atoms with Crippen molar-refractivity contribution >= 4 is 23.2 Å². The van der Waals surface area contributed by atoms with Crippen LogP contribution in [0.15, 0.2) is 18.2 Å². The van der Waals surface area contributed by atoms with Gasteiger partial charge in [0, 0.05) is 37.2 Å². The third kappa shape index (κ3) is 4.44. The van der Waals surface area contributed by atoms with Gasteiger partial charge < -0.3 is 4.90 Å². The Kier molecular flexibility index (Phi) is 5.77. The lowest BCUT2D eigenvalue weighted by Crippen LogP contribution is -2.26. The molecule has 6 heteroatoms. The zero-order valence-corrected chi connectivity index (χ0v) is 13.5. The van der Waals surface area contributed by atoms with E-state index in [-0.39, 0.29) is 11.6 Å². The first-order valence-corrected chi connectivity index (χ1v) is 8.02. The highest BCUT2D eigenvalue weighted by Crippen LogP contribution is 2.29. The average Bonchev–Trinajstić information content (AvgIpc) is 3.00. The van der Waals surface area contributed by atoms with E-state index in [2.05, 4.69) is 0 Å². The van der Waals surface area contributed by atoms with E-state index in [1.165, 1.54) is 43.9 Å². The number of nitrogens with zero attached hydrogens (tertiary/aromatic N) is 2. The standard InChI is InChI=1S/C16H21ClN2O3/c1-18(16(20)9-6-12-4-2-3-5-12)11-13-10-14(19(21)22)7-8-15(13)17/h7-8,10,12H,2-6,9,11H2,1H3. The summed E-state index contributed by atoms with van der Waals surface area (Å²) in [6.07, 6.45) is 6.48. The summed E-state index contributed by atoms with van der Waals surface area (Å²) >= 11 is 6.07. The van der Waals surface area contributed by atoms with Gasteiger partial charge in [-0.05, 0) is 24.0 Å². The fourth-order valence-corrected chi connectivity index (χ4v) is 3.13. The van der Waals surface area contributed by atoms with E-state index < -0.39 is 4.92 Å². The smallest absolute Gasteiger partial charge is 0.269 e. The highest BCUT2D eigenvalue weighted by atomic mass is 35.5. The lowest BCUT2D eigenvalue weighted by Gasteiger charge is -2.19. The van der Waals surface area contributed by atoms with Crippen molar-refractivity contribution in [1.29, 1.82) is 0 Å². The molecule has 0 heterocycles. The van der Waals surface area contributed by atoms with Crippen LogP contribution < -0.4 is 0 Å². The van der Waals surface area contributed by atoms with Gasteiger partial charge in [0.2, 0.25) is 5.91 Å². The van der Waals surface area contributed by atoms with Gasteiger partial charge in [-0.1, -0.05) is 37.3 Å². The Balaban J connectivity index is 1.92. The monoisotopic (exact) mass is 324 g/mol. The third-order valence-corrected chi connectivity index (χ3v) is 4.68. The summed E-state index contributed by atoms with van der Waals surface area (Å²) in [5, 5.41) is 11.3. The third-order valence-electron chi connectivity index (χ3n) is 4.31. The van der Waals surface area contributed by atoms with Crippen molar-refractivity contribution in [3.8, 4) is 0 Å². The molecule has 1 aromatic carbocycles. The second-order valence-corrected chi connectivity index (χ2v) is 6.38. The van der Waals surface area contributed by atoms with E-state index in [0.29, 0.717) is 29.5 Å². The highest BCUT2D eigenvalue weighted by molar-refractivity contribution is 6.31. The molecule has 0 saturated heterocycles. The topological polar surface area (TPSA) is 63.4 Å². The number of carbonyl (C=O) groups excluding carboxylic acids is 1. The second-order valence-electron chi connectivity index (χ2n) is 5.97. The number of carbonyl (C=O) groups is 1. The van der Waals surface area contributed by atoms with Crippen LogP contribution in [-0.4, -0.2) is 22.8 Å². The molecule has 5 nitrogen and oxygen atoms in total. The summed E-state index contributed by atoms with van der Waals surface area (Å²) in [7, 11) is 1.71. The normalized spacial score (nSPS) is 15.0. The van der Waals surface area contributed by atoms with Crippen molar-refractivity contribution in [2.24, 2.45) is 5.92 Å². The van der Waals surface area contributed by atoms with E-state index in [4.69, 9.17) is 11.6 Å². The number of non-ortho nitro benzene ring substituents is 1. The maximum atomic E-state index is 12.2. The number of benzene rings is 1. The molecule has 22 heavy (non-hydrogen) atoms. The predicted molar refractivity (Wildman–Crippen MR) is 85.8 cm³/mol. The summed E-state index contributed by atoms with van der Waals surface area (Å²) in [6, 6.07) is 4.31. The van der Waals surface area contributed by atoms with Crippen LogP contribution in [0.25, 0.3) is 0 Å². The summed E-state index contributed by atoms with van der Waals surface area (Å²) in [5.41, 5.74) is 0.596. The molecular weight excluding hydrogens is 304 g/mol. The van der Waals surface area contributed by atoms with E-state index in [0.717, 1.165) is 6.42 Å². The van der Waals surface area contributed by atoms with Crippen molar-refractivity contribution < 1.29 is 9.72 Å². The summed E-state index contributed by atoms with van der Waals surface area (Å²) < 4.78 is 0. The minimum absolute atomic E-state index is 0.00814. The average molecular weight is 325 g/mol. The van der Waals surface area contributed by atoms with Gasteiger partial charge >= 0.3 is 0 Å². The maximum absolute atomic E-state index is 12.2. The minimum atomic E-state index is -0.457. The molecule has 1 fully saturated rings. The van der Waals surface area contributed by atoms with Crippen molar-refractivity contribution in [3.05, 3.63) is 38.9 Å². The molecule has 0 aliphatic heterocycles. The van der Waals surface area contributed by atoms with Gasteiger partial charge in [0.15, 0.2) is 0 Å². The molecule has 0 bridgehead atoms. The molecule has 1 amide bonds. The van der Waals surface area contributed by atoms with Gasteiger partial charge in [-0.2, -0.15) is 0 Å². The van der Waals surface area contributed by atoms with Crippen LogP contribution in [0.4, 0.5) is 5.69 Å². The molecule has 120 valence electrons. The first kappa shape index (κ1) is 16.7. The fourth-order valence-electron chi connectivity index (χ4n) is 2.96. The number of hydrogen-bond acceptors (Lipinski definition) is 3. The molecule has 1 aliphatic carbocycles. The molecule has 1 aliphatic rings. The molecule has 2 rings (SSSR count). The Bertz CT molecular complexity index is 556. The number of nitro groups is 1. The predicted octanol–water partition coefficient (Wildman–Crippen LogP) is 4.18. The van der Waals surface area contributed by atoms with Gasteiger partial charge in [-0.15, -0.1) is 0 Å². The Morgan fingerprint density at radius 2 is 2.09 bits per heavy atom. The Hall–Kier alpha value is -1.62. The lowest BCUT2D eigenvalue weighted by atomic mass is 10.0. The summed E-state index contributed by atoms with van der Waals surface area (Å²) in [6.45, 7) is 0.296. The number of rotatable bonds is 6. The lowest BCUT2D eigenvalue weighted by molar-refractivity contribution is -0.384. The Morgan fingerprint density at radius 3 is 2.73 bits per heavy atom. The Labute approximate surface area is 135 Å². The summed E-state index contributed by atoms with van der Waals surface area (Å²) in [4.78, 5) is 24.1. The SMILES string of the molecule is CN(Cc1cc([N+](=O)[O-])ccc1Cl)C(=O)CCC1CCCC1. The van der Waals surface area contributed by atoms with E-state index in [1.54, 1.807) is 11.9 Å². The van der Waals surface area contributed by atoms with Crippen LogP contribution in [0.3, 0.4) is 0 Å². The molecule has 0 N–H and O–H groups in total. The van der Waals surface area contributed by atoms with Crippen LogP contribution in [0, 0.1) is 16.0 Å². The molecular formula is C16H21ClN2O3. The Morgan fingerprint density at radius 1 is 1.41 bits per heavy atom. The molecule has 0 aromatic heterocycles. The second kappa shape index (κ2) is 7.58. The number of amides is 1. The van der Waals surface area contributed by atoms with Crippen LogP contribution in [-0.2, 0) is 11.3 Å². The van der Waals surface area contributed by atoms with Gasteiger partial charge in [-0.25, -0.2) is 0 Å². The zero-order valence-electron chi connectivity index (χ0n) is 12.8. The van der Waals surface area contributed by atoms with Crippen LogP contribution >= 0.6 is 11.6 Å². The van der Waals surface area contributed by atoms with E-state index in [1.807, 2.05) is 0 Å². The molecule has 1 saturated carbocycles. The number of nitro benzene ring substituents is 1. The molecule has 0 unspecified atom stereocenters. The highest BCUT2D eigenvalue weighted by Gasteiger charge is 2.19. The van der Waals surface area contributed by atoms with Crippen LogP contribution in [0.5, 0.6) is 0 Å². The molecule has 0 spiro atoms. The van der Waals surface area contributed by atoms with Crippen LogP contribution in [0.1, 0.15) is 44.1 Å². The number of halogens is 1. The van der Waals surface area contributed by atoms with Gasteiger partial charge in [0.05, 0.1) is 4.92 Å². The molecule has 0 radical (unpaired) electrons.